The molecule has 1 aliphatic rings. The first-order chi connectivity index (χ1) is 10.4. The zero-order valence-electron chi connectivity index (χ0n) is 11.5. The van der Waals surface area contributed by atoms with Gasteiger partial charge in [0.05, 0.1) is 18.7 Å². The van der Waals surface area contributed by atoms with E-state index >= 15 is 0 Å². The maximum absolute atomic E-state index is 5.38. The summed E-state index contributed by atoms with van der Waals surface area (Å²) in [5.41, 5.74) is 3.72. The third-order valence-corrected chi connectivity index (χ3v) is 3.67. The van der Waals surface area contributed by atoms with Crippen LogP contribution in [0.2, 0.25) is 0 Å². The number of nitrogens with one attached hydrogen (secondary N) is 1. The third kappa shape index (κ3) is 2.23. The molecule has 1 saturated heterocycles. The average Bonchev–Trinajstić information content (AvgIpc) is 3.00. The predicted molar refractivity (Wildman–Crippen MR) is 80.2 cm³/mol. The van der Waals surface area contributed by atoms with Crippen molar-refractivity contribution in [2.75, 3.05) is 31.2 Å². The van der Waals surface area contributed by atoms with Crippen LogP contribution in [-0.4, -0.2) is 46.5 Å². The van der Waals surface area contributed by atoms with Crippen LogP contribution in [0.4, 0.5) is 5.82 Å². The monoisotopic (exact) mass is 281 g/mol. The van der Waals surface area contributed by atoms with E-state index < -0.39 is 0 Å². The molecule has 0 atom stereocenters. The summed E-state index contributed by atoms with van der Waals surface area (Å²) in [4.78, 5) is 11.1. The van der Waals surface area contributed by atoms with Crippen LogP contribution in [0.15, 0.2) is 36.7 Å². The molecule has 4 heterocycles. The molecule has 3 aromatic rings. The summed E-state index contributed by atoms with van der Waals surface area (Å²) in [5.74, 6) is 0.961. The molecule has 1 fully saturated rings. The molecule has 1 N–H and O–H groups in total. The molecule has 0 spiro atoms. The van der Waals surface area contributed by atoms with E-state index in [1.54, 1.807) is 6.20 Å². The maximum Gasteiger partial charge on any atom is 0.129 e. The van der Waals surface area contributed by atoms with Gasteiger partial charge in [0, 0.05) is 31.0 Å². The van der Waals surface area contributed by atoms with Crippen molar-refractivity contribution in [2.45, 2.75) is 0 Å². The minimum Gasteiger partial charge on any atom is -0.378 e. The van der Waals surface area contributed by atoms with Crippen molar-refractivity contribution in [1.82, 2.24) is 20.2 Å². The van der Waals surface area contributed by atoms with E-state index in [0.29, 0.717) is 0 Å². The van der Waals surface area contributed by atoms with Crippen LogP contribution in [0.5, 0.6) is 0 Å². The van der Waals surface area contributed by atoms with E-state index in [0.717, 1.165) is 54.4 Å². The molecule has 1 aliphatic heterocycles. The van der Waals surface area contributed by atoms with Crippen LogP contribution < -0.4 is 4.90 Å². The van der Waals surface area contributed by atoms with Crippen LogP contribution in [-0.2, 0) is 4.74 Å². The highest BCUT2D eigenvalue weighted by Gasteiger charge is 2.15. The van der Waals surface area contributed by atoms with Crippen LogP contribution in [0, 0.1) is 0 Å². The van der Waals surface area contributed by atoms with E-state index in [9.17, 15) is 0 Å². The van der Waals surface area contributed by atoms with E-state index in [4.69, 9.17) is 4.74 Å². The summed E-state index contributed by atoms with van der Waals surface area (Å²) in [7, 11) is 0. The highest BCUT2D eigenvalue weighted by Crippen LogP contribution is 2.26. The van der Waals surface area contributed by atoms with Gasteiger partial charge in [-0.2, -0.15) is 5.10 Å². The molecular formula is C15H15N5O. The van der Waals surface area contributed by atoms with E-state index in [-0.39, 0.29) is 0 Å². The average molecular weight is 281 g/mol. The lowest BCUT2D eigenvalue weighted by molar-refractivity contribution is 0.122. The number of fused-ring (bicyclic) bond motifs is 1. The van der Waals surface area contributed by atoms with Crippen molar-refractivity contribution < 1.29 is 4.74 Å². The molecule has 0 saturated carbocycles. The number of pyridine rings is 2. The van der Waals surface area contributed by atoms with Gasteiger partial charge in [-0.25, -0.2) is 4.98 Å². The fourth-order valence-corrected chi connectivity index (χ4v) is 2.59. The number of nitrogens with zero attached hydrogens (tertiary/aromatic N) is 4. The Labute approximate surface area is 121 Å². The Balaban J connectivity index is 1.75. The number of hydrogen-bond acceptors (Lipinski definition) is 5. The summed E-state index contributed by atoms with van der Waals surface area (Å²) in [6.07, 6.45) is 3.61. The van der Waals surface area contributed by atoms with Gasteiger partial charge in [-0.05, 0) is 24.3 Å². The SMILES string of the molecule is c1cnc2c(-c3ccnc(N4CCOCC4)c3)n[nH]c2c1. The van der Waals surface area contributed by atoms with Gasteiger partial charge in [0.1, 0.15) is 17.0 Å². The largest absolute Gasteiger partial charge is 0.378 e. The van der Waals surface area contributed by atoms with E-state index in [1.807, 2.05) is 24.4 Å². The first-order valence-electron chi connectivity index (χ1n) is 7.00. The molecule has 3 aromatic heterocycles. The van der Waals surface area contributed by atoms with Gasteiger partial charge in [-0.3, -0.25) is 10.1 Å². The summed E-state index contributed by atoms with van der Waals surface area (Å²) in [6.45, 7) is 3.24. The summed E-state index contributed by atoms with van der Waals surface area (Å²) >= 11 is 0. The molecule has 0 aromatic carbocycles. The Bertz CT molecular complexity index is 763. The molecule has 4 rings (SSSR count). The molecule has 6 nitrogen and oxygen atoms in total. The zero-order chi connectivity index (χ0) is 14.1. The molecule has 21 heavy (non-hydrogen) atoms. The molecular weight excluding hydrogens is 266 g/mol. The number of aromatic nitrogens is 4. The van der Waals surface area contributed by atoms with Gasteiger partial charge in [0.15, 0.2) is 0 Å². The van der Waals surface area contributed by atoms with Gasteiger partial charge < -0.3 is 9.64 Å². The normalized spacial score (nSPS) is 15.5. The van der Waals surface area contributed by atoms with Crippen LogP contribution in [0.3, 0.4) is 0 Å². The molecule has 0 unspecified atom stereocenters. The molecule has 0 radical (unpaired) electrons. The van der Waals surface area contributed by atoms with Gasteiger partial charge in [-0.1, -0.05) is 0 Å². The topological polar surface area (TPSA) is 66.9 Å². The Morgan fingerprint density at radius 2 is 2.00 bits per heavy atom. The fourth-order valence-electron chi connectivity index (χ4n) is 2.59. The van der Waals surface area contributed by atoms with Gasteiger partial charge in [0.2, 0.25) is 0 Å². The van der Waals surface area contributed by atoms with Gasteiger partial charge >= 0.3 is 0 Å². The number of anilines is 1. The number of hydrogen-bond donors (Lipinski definition) is 1. The quantitative estimate of drug-likeness (QED) is 0.776. The lowest BCUT2D eigenvalue weighted by atomic mass is 10.1. The smallest absolute Gasteiger partial charge is 0.129 e. The second kappa shape index (κ2) is 5.14. The summed E-state index contributed by atoms with van der Waals surface area (Å²) < 4.78 is 5.38. The molecule has 6 heteroatoms. The van der Waals surface area contributed by atoms with Crippen molar-refractivity contribution in [2.24, 2.45) is 0 Å². The van der Waals surface area contributed by atoms with Crippen LogP contribution in [0.25, 0.3) is 22.3 Å². The summed E-state index contributed by atoms with van der Waals surface area (Å²) in [5, 5.41) is 7.41. The maximum atomic E-state index is 5.38. The van der Waals surface area contributed by atoms with Crippen molar-refractivity contribution in [3.05, 3.63) is 36.7 Å². The Hall–Kier alpha value is -2.47. The lowest BCUT2D eigenvalue weighted by Gasteiger charge is -2.27. The fraction of sp³-hybridized carbons (Fsp3) is 0.267. The molecule has 0 bridgehead atoms. The number of H-pyrrole nitrogens is 1. The highest BCUT2D eigenvalue weighted by atomic mass is 16.5. The zero-order valence-corrected chi connectivity index (χ0v) is 11.5. The van der Waals surface area contributed by atoms with Crippen molar-refractivity contribution >= 4 is 16.9 Å². The lowest BCUT2D eigenvalue weighted by Crippen LogP contribution is -2.36. The van der Waals surface area contributed by atoms with E-state index in [1.165, 1.54) is 0 Å². The van der Waals surface area contributed by atoms with E-state index in [2.05, 4.69) is 31.1 Å². The minimum atomic E-state index is 0.749. The Morgan fingerprint density at radius 1 is 1.10 bits per heavy atom. The first kappa shape index (κ1) is 12.3. The number of aromatic amines is 1. The Morgan fingerprint density at radius 3 is 2.90 bits per heavy atom. The highest BCUT2D eigenvalue weighted by molar-refractivity contribution is 5.89. The number of morpholine rings is 1. The second-order valence-corrected chi connectivity index (χ2v) is 4.97. The first-order valence-corrected chi connectivity index (χ1v) is 7.00. The Kier molecular flexibility index (Phi) is 3.01. The van der Waals surface area contributed by atoms with Crippen molar-refractivity contribution in [3.63, 3.8) is 0 Å². The second-order valence-electron chi connectivity index (χ2n) is 4.97. The number of rotatable bonds is 2. The predicted octanol–water partition coefficient (Wildman–Crippen LogP) is 1.86. The third-order valence-electron chi connectivity index (χ3n) is 3.67. The number of ether oxygens (including phenoxy) is 1. The van der Waals surface area contributed by atoms with Gasteiger partial charge in [0.25, 0.3) is 0 Å². The standard InChI is InChI=1S/C15H15N5O/c1-2-12-15(17-4-1)14(19-18-12)11-3-5-16-13(10-11)20-6-8-21-9-7-20/h1-5,10H,6-9H2,(H,18,19). The van der Waals surface area contributed by atoms with Crippen molar-refractivity contribution in [1.29, 1.82) is 0 Å². The molecule has 106 valence electrons. The summed E-state index contributed by atoms with van der Waals surface area (Å²) in [6, 6.07) is 7.91. The van der Waals surface area contributed by atoms with Gasteiger partial charge in [-0.15, -0.1) is 0 Å². The minimum absolute atomic E-state index is 0.749. The van der Waals surface area contributed by atoms with Crippen LogP contribution >= 0.6 is 0 Å². The molecule has 0 amide bonds. The van der Waals surface area contributed by atoms with Crippen molar-refractivity contribution in [3.8, 4) is 11.3 Å². The molecule has 0 aliphatic carbocycles. The van der Waals surface area contributed by atoms with Crippen LogP contribution in [0.1, 0.15) is 0 Å².